The van der Waals surface area contributed by atoms with Gasteiger partial charge in [-0.05, 0) is 29.7 Å². The zero-order chi connectivity index (χ0) is 17.9. The molecule has 2 aromatic heterocycles. The average Bonchev–Trinajstić information content (AvgIpc) is 3.33. The van der Waals surface area contributed by atoms with E-state index >= 15 is 0 Å². The molecule has 10 heteroatoms. The predicted molar refractivity (Wildman–Crippen MR) is 87.4 cm³/mol. The third kappa shape index (κ3) is 3.21. The monoisotopic (exact) mass is 362 g/mol. The van der Waals surface area contributed by atoms with Crippen LogP contribution in [0.5, 0.6) is 0 Å². The van der Waals surface area contributed by atoms with Crippen LogP contribution in [0.25, 0.3) is 0 Å². The van der Waals surface area contributed by atoms with Crippen molar-refractivity contribution in [2.75, 3.05) is 33.4 Å². The maximum atomic E-state index is 13.0. The Morgan fingerprint density at radius 1 is 1.35 bits per heavy atom. The first kappa shape index (κ1) is 17.1. The summed E-state index contributed by atoms with van der Waals surface area (Å²) in [5.41, 5.74) is 1.41. The van der Waals surface area contributed by atoms with Crippen LogP contribution in [-0.2, 0) is 28.9 Å². The molecule has 2 aliphatic rings. The van der Waals surface area contributed by atoms with Crippen LogP contribution in [0.1, 0.15) is 46.6 Å². The SMILES string of the molecule is COCCn1nnnc1C1CN(C(=O)c2noc3c2CCCC3)CCO1. The Morgan fingerprint density at radius 3 is 3.12 bits per heavy atom. The average molecular weight is 362 g/mol. The fraction of sp³-hybridized carbons (Fsp3) is 0.688. The lowest BCUT2D eigenvalue weighted by molar-refractivity contribution is -0.0295. The number of rotatable bonds is 5. The molecule has 0 aromatic carbocycles. The Hall–Kier alpha value is -2.33. The number of carbonyl (C=O) groups excluding carboxylic acids is 1. The molecule has 0 N–H and O–H groups in total. The van der Waals surface area contributed by atoms with Crippen molar-refractivity contribution in [2.45, 2.75) is 38.3 Å². The lowest BCUT2D eigenvalue weighted by Crippen LogP contribution is -2.43. The molecule has 140 valence electrons. The number of fused-ring (bicyclic) bond motifs is 1. The first-order valence-corrected chi connectivity index (χ1v) is 8.91. The lowest BCUT2D eigenvalue weighted by atomic mass is 9.96. The number of aryl methyl sites for hydroxylation is 1. The van der Waals surface area contributed by atoms with E-state index in [1.165, 1.54) is 0 Å². The molecular weight excluding hydrogens is 340 g/mol. The molecule has 1 amide bonds. The standard InChI is InChI=1S/C16H22N6O4/c1-24-8-7-22-15(17-19-20-22)13-10-21(6-9-25-13)16(23)14-11-4-2-3-5-12(11)26-18-14/h13H,2-10H2,1H3. The van der Waals surface area contributed by atoms with E-state index in [2.05, 4.69) is 20.7 Å². The fourth-order valence-electron chi connectivity index (χ4n) is 3.47. The normalized spacial score (nSPS) is 20.2. The Kier molecular flexibility index (Phi) is 4.93. The molecular formula is C16H22N6O4. The van der Waals surface area contributed by atoms with Crippen LogP contribution in [0, 0.1) is 0 Å². The first-order chi connectivity index (χ1) is 12.8. The van der Waals surface area contributed by atoms with E-state index in [1.54, 1.807) is 16.7 Å². The molecule has 1 atom stereocenters. The highest BCUT2D eigenvalue weighted by Gasteiger charge is 2.33. The van der Waals surface area contributed by atoms with E-state index in [9.17, 15) is 4.79 Å². The van der Waals surface area contributed by atoms with Crippen molar-refractivity contribution in [1.82, 2.24) is 30.3 Å². The van der Waals surface area contributed by atoms with E-state index < -0.39 is 0 Å². The van der Waals surface area contributed by atoms with Gasteiger partial charge in [0.1, 0.15) is 11.9 Å². The minimum Gasteiger partial charge on any atom is -0.383 e. The number of methoxy groups -OCH3 is 1. The molecule has 2 aromatic rings. The number of tetrazole rings is 1. The van der Waals surface area contributed by atoms with Gasteiger partial charge >= 0.3 is 0 Å². The largest absolute Gasteiger partial charge is 0.383 e. The van der Waals surface area contributed by atoms with Crippen LogP contribution in [0.15, 0.2) is 4.52 Å². The topological polar surface area (TPSA) is 108 Å². The van der Waals surface area contributed by atoms with Crippen LogP contribution in [0.3, 0.4) is 0 Å². The number of hydrogen-bond donors (Lipinski definition) is 0. The molecule has 1 aliphatic carbocycles. The number of nitrogens with zero attached hydrogens (tertiary/aromatic N) is 6. The molecule has 3 heterocycles. The van der Waals surface area contributed by atoms with Crippen LogP contribution < -0.4 is 0 Å². The van der Waals surface area contributed by atoms with Gasteiger partial charge in [0.25, 0.3) is 5.91 Å². The molecule has 0 bridgehead atoms. The summed E-state index contributed by atoms with van der Waals surface area (Å²) in [6.45, 7) is 2.35. The summed E-state index contributed by atoms with van der Waals surface area (Å²) < 4.78 is 17.9. The smallest absolute Gasteiger partial charge is 0.276 e. The summed E-state index contributed by atoms with van der Waals surface area (Å²) in [5.74, 6) is 1.34. The van der Waals surface area contributed by atoms with Gasteiger partial charge in [-0.2, -0.15) is 0 Å². The summed E-state index contributed by atoms with van der Waals surface area (Å²) >= 11 is 0. The van der Waals surface area contributed by atoms with Gasteiger partial charge in [-0.1, -0.05) is 5.16 Å². The van der Waals surface area contributed by atoms with E-state index in [0.717, 1.165) is 37.0 Å². The maximum absolute atomic E-state index is 13.0. The quantitative estimate of drug-likeness (QED) is 0.752. The summed E-state index contributed by atoms with van der Waals surface area (Å²) in [6, 6.07) is 0. The summed E-state index contributed by atoms with van der Waals surface area (Å²) in [4.78, 5) is 14.7. The number of morpholine rings is 1. The maximum Gasteiger partial charge on any atom is 0.276 e. The third-order valence-corrected chi connectivity index (χ3v) is 4.86. The van der Waals surface area contributed by atoms with Crippen LogP contribution in [0.2, 0.25) is 0 Å². The molecule has 4 rings (SSSR count). The van der Waals surface area contributed by atoms with Gasteiger partial charge in [-0.3, -0.25) is 4.79 Å². The minimum atomic E-state index is -0.373. The second-order valence-corrected chi connectivity index (χ2v) is 6.50. The van der Waals surface area contributed by atoms with Crippen molar-refractivity contribution in [3.05, 3.63) is 22.8 Å². The van der Waals surface area contributed by atoms with E-state index in [0.29, 0.717) is 44.4 Å². The number of aromatic nitrogens is 5. The van der Waals surface area contributed by atoms with Crippen molar-refractivity contribution >= 4 is 5.91 Å². The predicted octanol–water partition coefficient (Wildman–Crippen LogP) is 0.400. The van der Waals surface area contributed by atoms with Crippen molar-refractivity contribution in [2.24, 2.45) is 0 Å². The minimum absolute atomic E-state index is 0.110. The van der Waals surface area contributed by atoms with Gasteiger partial charge in [0.05, 0.1) is 26.3 Å². The van der Waals surface area contributed by atoms with Crippen molar-refractivity contribution in [3.63, 3.8) is 0 Å². The molecule has 0 radical (unpaired) electrons. The van der Waals surface area contributed by atoms with Gasteiger partial charge in [0, 0.05) is 25.6 Å². The molecule has 1 aliphatic heterocycles. The fourth-order valence-corrected chi connectivity index (χ4v) is 3.47. The highest BCUT2D eigenvalue weighted by molar-refractivity contribution is 5.94. The second-order valence-electron chi connectivity index (χ2n) is 6.50. The molecule has 1 saturated heterocycles. The molecule has 10 nitrogen and oxygen atoms in total. The zero-order valence-electron chi connectivity index (χ0n) is 14.8. The highest BCUT2D eigenvalue weighted by Crippen LogP contribution is 2.27. The Labute approximate surface area is 150 Å². The number of amides is 1. The highest BCUT2D eigenvalue weighted by atomic mass is 16.5. The Morgan fingerprint density at radius 2 is 2.23 bits per heavy atom. The van der Waals surface area contributed by atoms with E-state index in [4.69, 9.17) is 14.0 Å². The van der Waals surface area contributed by atoms with Crippen molar-refractivity contribution < 1.29 is 18.8 Å². The van der Waals surface area contributed by atoms with E-state index in [1.807, 2.05) is 0 Å². The van der Waals surface area contributed by atoms with Crippen LogP contribution >= 0.6 is 0 Å². The van der Waals surface area contributed by atoms with Crippen LogP contribution in [-0.4, -0.2) is 69.6 Å². The van der Waals surface area contributed by atoms with Crippen molar-refractivity contribution in [1.29, 1.82) is 0 Å². The van der Waals surface area contributed by atoms with Gasteiger partial charge in [0.15, 0.2) is 11.5 Å². The second kappa shape index (κ2) is 7.50. The molecule has 1 fully saturated rings. The van der Waals surface area contributed by atoms with E-state index in [-0.39, 0.29) is 12.0 Å². The molecule has 0 spiro atoms. The number of hydrogen-bond acceptors (Lipinski definition) is 8. The van der Waals surface area contributed by atoms with Gasteiger partial charge in [-0.25, -0.2) is 4.68 Å². The number of ether oxygens (including phenoxy) is 2. The Bertz CT molecular complexity index is 773. The summed E-state index contributed by atoms with van der Waals surface area (Å²) in [5, 5.41) is 15.8. The zero-order valence-corrected chi connectivity index (χ0v) is 14.8. The summed E-state index contributed by atoms with van der Waals surface area (Å²) in [7, 11) is 1.63. The summed E-state index contributed by atoms with van der Waals surface area (Å²) in [6.07, 6.45) is 3.48. The lowest BCUT2D eigenvalue weighted by Gasteiger charge is -2.32. The van der Waals surface area contributed by atoms with Gasteiger partial charge in [-0.15, -0.1) is 5.10 Å². The van der Waals surface area contributed by atoms with Gasteiger partial charge in [0.2, 0.25) is 0 Å². The molecule has 26 heavy (non-hydrogen) atoms. The first-order valence-electron chi connectivity index (χ1n) is 8.91. The third-order valence-electron chi connectivity index (χ3n) is 4.86. The van der Waals surface area contributed by atoms with Gasteiger partial charge < -0.3 is 18.9 Å². The number of carbonyl (C=O) groups is 1. The Balaban J connectivity index is 1.49. The van der Waals surface area contributed by atoms with Crippen molar-refractivity contribution in [3.8, 4) is 0 Å². The molecule has 1 unspecified atom stereocenters. The van der Waals surface area contributed by atoms with Crippen LogP contribution in [0.4, 0.5) is 0 Å². The molecule has 0 saturated carbocycles.